The van der Waals surface area contributed by atoms with E-state index in [1.807, 2.05) is 23.2 Å². The molecule has 1 saturated heterocycles. The summed E-state index contributed by atoms with van der Waals surface area (Å²) in [6.45, 7) is 16.1. The summed E-state index contributed by atoms with van der Waals surface area (Å²) in [5.41, 5.74) is 4.18. The molecule has 2 amide bonds. The van der Waals surface area contributed by atoms with Crippen molar-refractivity contribution in [3.8, 4) is 0 Å². The molecule has 2 N–H and O–H groups in total. The second-order valence-corrected chi connectivity index (χ2v) is 13.8. The van der Waals surface area contributed by atoms with Gasteiger partial charge in [0, 0.05) is 12.6 Å². The van der Waals surface area contributed by atoms with E-state index in [2.05, 4.69) is 70.6 Å². The topological polar surface area (TPSA) is 53.6 Å². The van der Waals surface area contributed by atoms with Crippen molar-refractivity contribution in [1.82, 2.24) is 15.8 Å². The molecule has 0 bridgehead atoms. The maximum atomic E-state index is 12.4. The summed E-state index contributed by atoms with van der Waals surface area (Å²) in [4.78, 5) is 12.4. The highest BCUT2D eigenvalue weighted by Gasteiger charge is 2.42. The maximum Gasteiger partial charge on any atom is 0.329 e. The number of hydrazine groups is 1. The van der Waals surface area contributed by atoms with E-state index in [1.54, 1.807) is 0 Å². The lowest BCUT2D eigenvalue weighted by atomic mass is 10.0. The van der Waals surface area contributed by atoms with Crippen molar-refractivity contribution in [3.63, 3.8) is 0 Å². The number of nitrogens with one attached hydrogen (secondary N) is 2. The second kappa shape index (κ2) is 8.11. The van der Waals surface area contributed by atoms with Gasteiger partial charge in [-0.2, -0.15) is 0 Å². The minimum atomic E-state index is -1.97. The third-order valence-corrected chi connectivity index (χ3v) is 10.1. The van der Waals surface area contributed by atoms with Crippen LogP contribution >= 0.6 is 0 Å². The summed E-state index contributed by atoms with van der Waals surface area (Å²) in [5.74, 6) is 0. The third kappa shape index (κ3) is 5.31. The predicted octanol–water partition coefficient (Wildman–Crippen LogP) is 3.93. The first-order valence-corrected chi connectivity index (χ1v) is 12.5. The van der Waals surface area contributed by atoms with Gasteiger partial charge in [-0.05, 0) is 44.0 Å². The second-order valence-electron chi connectivity index (χ2n) is 9.04. The van der Waals surface area contributed by atoms with Crippen molar-refractivity contribution in [2.75, 3.05) is 6.54 Å². The molecule has 1 aromatic rings. The van der Waals surface area contributed by atoms with Crippen molar-refractivity contribution < 1.29 is 9.22 Å². The molecule has 2 rings (SSSR count). The van der Waals surface area contributed by atoms with Crippen molar-refractivity contribution in [3.05, 3.63) is 35.9 Å². The lowest BCUT2D eigenvalue weighted by molar-refractivity contribution is 0.0751. The summed E-state index contributed by atoms with van der Waals surface area (Å²) in [5, 5.41) is 5.25. The average Bonchev–Trinajstić information content (AvgIpc) is 2.66. The lowest BCUT2D eigenvalue weighted by Crippen LogP contribution is -2.53. The molecule has 146 valence electrons. The number of carbonyl (C=O) groups is 1. The fourth-order valence-electron chi connectivity index (χ4n) is 2.86. The summed E-state index contributed by atoms with van der Waals surface area (Å²) >= 11 is 0. The number of urea groups is 1. The number of carbonyl (C=O) groups excluding carboxylic acids is 1. The van der Waals surface area contributed by atoms with Crippen LogP contribution < -0.4 is 10.7 Å². The van der Waals surface area contributed by atoms with Crippen LogP contribution in [0.1, 0.15) is 40.2 Å². The molecule has 2 atom stereocenters. The zero-order valence-corrected chi connectivity index (χ0v) is 18.3. The number of benzene rings is 1. The minimum absolute atomic E-state index is 0.0579. The van der Waals surface area contributed by atoms with E-state index in [4.69, 9.17) is 4.43 Å². The molecule has 1 aliphatic heterocycles. The zero-order chi connectivity index (χ0) is 19.5. The normalized spacial score (nSPS) is 22.7. The summed E-state index contributed by atoms with van der Waals surface area (Å²) < 4.78 is 6.78. The zero-order valence-electron chi connectivity index (χ0n) is 17.3. The summed E-state index contributed by atoms with van der Waals surface area (Å²) in [6, 6.07) is 10.3. The van der Waals surface area contributed by atoms with E-state index in [0.29, 0.717) is 6.54 Å². The van der Waals surface area contributed by atoms with Crippen molar-refractivity contribution in [2.45, 2.75) is 77.4 Å². The molecule has 0 saturated carbocycles. The van der Waals surface area contributed by atoms with E-state index in [1.165, 1.54) is 5.56 Å². The Morgan fingerprint density at radius 3 is 2.38 bits per heavy atom. The molecule has 1 aromatic carbocycles. The molecule has 0 spiro atoms. The standard InChI is InChI=1S/C20H35N3O2Si/c1-15(2)23-14-18(25-26(6,7)20(3,4)5)17(21-19(24)22-23)13-16-11-9-8-10-12-16/h8-12,15,17-18H,13-14H2,1-7H3,(H2,21,22,24)/t17-,18-/m0/s1. The molecule has 0 aromatic heterocycles. The SMILES string of the molecule is CC(C)N1C[C@H](O[Si](C)(C)C(C)(C)C)[C@H](Cc2ccccc2)NC(=O)N1. The van der Waals surface area contributed by atoms with Crippen LogP contribution in [0, 0.1) is 0 Å². The van der Waals surface area contributed by atoms with Gasteiger partial charge in [-0.15, -0.1) is 0 Å². The quantitative estimate of drug-likeness (QED) is 0.765. The monoisotopic (exact) mass is 377 g/mol. The van der Waals surface area contributed by atoms with Crippen molar-refractivity contribution in [1.29, 1.82) is 0 Å². The Balaban J connectivity index is 2.29. The highest BCUT2D eigenvalue weighted by Crippen LogP contribution is 2.38. The highest BCUT2D eigenvalue weighted by molar-refractivity contribution is 6.74. The molecular formula is C20H35N3O2Si. The number of rotatable bonds is 5. The van der Waals surface area contributed by atoms with E-state index >= 15 is 0 Å². The third-order valence-electron chi connectivity index (χ3n) is 5.56. The number of hydrogen-bond donors (Lipinski definition) is 2. The predicted molar refractivity (Wildman–Crippen MR) is 110 cm³/mol. The molecule has 6 heteroatoms. The number of hydrogen-bond acceptors (Lipinski definition) is 3. The van der Waals surface area contributed by atoms with Gasteiger partial charge in [-0.1, -0.05) is 51.1 Å². The molecule has 26 heavy (non-hydrogen) atoms. The Morgan fingerprint density at radius 2 is 1.85 bits per heavy atom. The Bertz CT molecular complexity index is 599. The molecule has 0 unspecified atom stereocenters. The molecular weight excluding hydrogens is 342 g/mol. The van der Waals surface area contributed by atoms with Crippen LogP contribution in [0.15, 0.2) is 30.3 Å². The van der Waals surface area contributed by atoms with Crippen LogP contribution in [-0.2, 0) is 10.8 Å². The van der Waals surface area contributed by atoms with Gasteiger partial charge >= 0.3 is 6.03 Å². The Labute approximate surface area is 159 Å². The van der Waals surface area contributed by atoms with Gasteiger partial charge in [0.15, 0.2) is 8.32 Å². The number of amides is 2. The fraction of sp³-hybridized carbons (Fsp3) is 0.650. The van der Waals surface area contributed by atoms with E-state index < -0.39 is 8.32 Å². The van der Waals surface area contributed by atoms with Crippen molar-refractivity contribution >= 4 is 14.3 Å². The van der Waals surface area contributed by atoms with Gasteiger partial charge in [-0.3, -0.25) is 5.43 Å². The summed E-state index contributed by atoms with van der Waals surface area (Å²) in [7, 11) is -1.97. The van der Waals surface area contributed by atoms with Gasteiger partial charge in [0.05, 0.1) is 12.1 Å². The maximum absolute atomic E-state index is 12.4. The molecule has 5 nitrogen and oxygen atoms in total. The Morgan fingerprint density at radius 1 is 1.23 bits per heavy atom. The molecule has 0 aliphatic carbocycles. The summed E-state index contributed by atoms with van der Waals surface area (Å²) in [6.07, 6.45) is 0.705. The highest BCUT2D eigenvalue weighted by atomic mass is 28.4. The van der Waals surface area contributed by atoms with Crippen molar-refractivity contribution in [2.24, 2.45) is 0 Å². The largest absolute Gasteiger partial charge is 0.410 e. The van der Waals surface area contributed by atoms with Gasteiger partial charge in [0.1, 0.15) is 0 Å². The van der Waals surface area contributed by atoms with Gasteiger partial charge in [0.2, 0.25) is 0 Å². The molecule has 1 fully saturated rings. The number of nitrogens with zero attached hydrogens (tertiary/aromatic N) is 1. The first kappa shape index (κ1) is 20.9. The smallest absolute Gasteiger partial charge is 0.329 e. The minimum Gasteiger partial charge on any atom is -0.410 e. The first-order valence-electron chi connectivity index (χ1n) is 9.55. The molecule has 1 aliphatic rings. The van der Waals surface area contributed by atoms with Crippen LogP contribution in [0.2, 0.25) is 18.1 Å². The van der Waals surface area contributed by atoms with Crippen LogP contribution in [0.4, 0.5) is 4.79 Å². The van der Waals surface area contributed by atoms with E-state index in [0.717, 1.165) is 6.42 Å². The van der Waals surface area contributed by atoms with Gasteiger partial charge in [-0.25, -0.2) is 9.80 Å². The van der Waals surface area contributed by atoms with Crippen LogP contribution in [0.5, 0.6) is 0 Å². The van der Waals surface area contributed by atoms with Gasteiger partial charge < -0.3 is 9.74 Å². The first-order chi connectivity index (χ1) is 12.0. The Kier molecular flexibility index (Phi) is 6.53. The van der Waals surface area contributed by atoms with Crippen LogP contribution in [-0.4, -0.2) is 44.1 Å². The van der Waals surface area contributed by atoms with Gasteiger partial charge in [0.25, 0.3) is 0 Å². The fourth-order valence-corrected chi connectivity index (χ4v) is 4.21. The Hall–Kier alpha value is -1.37. The van der Waals surface area contributed by atoms with E-state index in [9.17, 15) is 4.79 Å². The average molecular weight is 378 g/mol. The van der Waals surface area contributed by atoms with Crippen LogP contribution in [0.25, 0.3) is 0 Å². The van der Waals surface area contributed by atoms with E-state index in [-0.39, 0.29) is 29.3 Å². The molecule has 0 radical (unpaired) electrons. The van der Waals surface area contributed by atoms with Crippen LogP contribution in [0.3, 0.4) is 0 Å². The lowest BCUT2D eigenvalue weighted by Gasteiger charge is -2.41. The molecule has 1 heterocycles.